The Hall–Kier alpha value is -1.56. The largest absolute Gasteiger partial charge is 0.481 e. The van der Waals surface area contributed by atoms with E-state index in [-0.39, 0.29) is 25.3 Å². The number of carboxylic acid groups (broad SMARTS) is 1. The standard InChI is InChI=1S/C14H24N2O4/c1-4-7-16(14(19)15-6-5-10(2)3)12-9-20-8-11(12)13(17)18/h5,11-12H,4,6-9H2,1-3H3,(H,15,19)(H,17,18). The van der Waals surface area contributed by atoms with Gasteiger partial charge in [0.15, 0.2) is 0 Å². The third-order valence-corrected chi connectivity index (χ3v) is 3.26. The Bertz CT molecular complexity index is 377. The van der Waals surface area contributed by atoms with Gasteiger partial charge in [-0.2, -0.15) is 0 Å². The van der Waals surface area contributed by atoms with Gasteiger partial charge in [-0.25, -0.2) is 4.79 Å². The van der Waals surface area contributed by atoms with Crippen molar-refractivity contribution < 1.29 is 19.4 Å². The van der Waals surface area contributed by atoms with Crippen LogP contribution in [0.2, 0.25) is 0 Å². The van der Waals surface area contributed by atoms with Crippen LogP contribution in [0.5, 0.6) is 0 Å². The number of carboxylic acids is 1. The van der Waals surface area contributed by atoms with Crippen molar-refractivity contribution in [3.05, 3.63) is 11.6 Å². The van der Waals surface area contributed by atoms with Crippen molar-refractivity contribution in [1.29, 1.82) is 0 Å². The first-order chi connectivity index (χ1) is 9.47. The molecule has 1 aliphatic heterocycles. The monoisotopic (exact) mass is 284 g/mol. The molecule has 1 heterocycles. The van der Waals surface area contributed by atoms with Crippen molar-refractivity contribution in [3.8, 4) is 0 Å². The maximum Gasteiger partial charge on any atom is 0.318 e. The number of ether oxygens (including phenoxy) is 1. The Morgan fingerprint density at radius 1 is 1.40 bits per heavy atom. The summed E-state index contributed by atoms with van der Waals surface area (Å²) in [5.41, 5.74) is 1.12. The summed E-state index contributed by atoms with van der Waals surface area (Å²) in [4.78, 5) is 25.0. The van der Waals surface area contributed by atoms with Crippen LogP contribution in [0.1, 0.15) is 27.2 Å². The number of hydrogen-bond acceptors (Lipinski definition) is 3. The highest BCUT2D eigenvalue weighted by Gasteiger charge is 2.39. The van der Waals surface area contributed by atoms with Crippen LogP contribution < -0.4 is 5.32 Å². The van der Waals surface area contributed by atoms with Crippen molar-refractivity contribution in [2.75, 3.05) is 26.3 Å². The molecule has 0 aromatic carbocycles. The van der Waals surface area contributed by atoms with Gasteiger partial charge in [0.1, 0.15) is 5.92 Å². The molecule has 1 aliphatic rings. The van der Waals surface area contributed by atoms with E-state index >= 15 is 0 Å². The van der Waals surface area contributed by atoms with Gasteiger partial charge < -0.3 is 20.1 Å². The lowest BCUT2D eigenvalue weighted by Gasteiger charge is -2.30. The highest BCUT2D eigenvalue weighted by molar-refractivity contribution is 5.77. The number of nitrogens with zero attached hydrogens (tertiary/aromatic N) is 1. The molecule has 6 nitrogen and oxygen atoms in total. The van der Waals surface area contributed by atoms with Crippen LogP contribution in [0.4, 0.5) is 4.79 Å². The Balaban J connectivity index is 2.69. The van der Waals surface area contributed by atoms with E-state index in [1.54, 1.807) is 4.90 Å². The normalized spacial score (nSPS) is 21.4. The maximum absolute atomic E-state index is 12.2. The molecular formula is C14H24N2O4. The Labute approximate surface area is 119 Å². The van der Waals surface area contributed by atoms with Gasteiger partial charge in [0.2, 0.25) is 0 Å². The highest BCUT2D eigenvalue weighted by atomic mass is 16.5. The molecule has 0 aliphatic carbocycles. The van der Waals surface area contributed by atoms with Gasteiger partial charge in [0.25, 0.3) is 0 Å². The molecule has 0 bridgehead atoms. The van der Waals surface area contributed by atoms with Gasteiger partial charge in [-0.15, -0.1) is 0 Å². The summed E-state index contributed by atoms with van der Waals surface area (Å²) < 4.78 is 5.24. The zero-order chi connectivity index (χ0) is 15.1. The van der Waals surface area contributed by atoms with Gasteiger partial charge in [0.05, 0.1) is 19.3 Å². The SMILES string of the molecule is CCCN(C(=O)NCC=C(C)C)C1COCC1C(=O)O. The van der Waals surface area contributed by atoms with Crippen LogP contribution in [0, 0.1) is 5.92 Å². The number of hydrogen-bond donors (Lipinski definition) is 2. The molecule has 2 atom stereocenters. The number of amides is 2. The van der Waals surface area contributed by atoms with Gasteiger partial charge in [0, 0.05) is 13.1 Å². The fourth-order valence-corrected chi connectivity index (χ4v) is 2.19. The zero-order valence-corrected chi connectivity index (χ0v) is 12.4. The molecule has 114 valence electrons. The lowest BCUT2D eigenvalue weighted by Crippen LogP contribution is -2.51. The molecule has 1 fully saturated rings. The quantitative estimate of drug-likeness (QED) is 0.724. The minimum Gasteiger partial charge on any atom is -0.481 e. The molecule has 6 heteroatoms. The van der Waals surface area contributed by atoms with Gasteiger partial charge in [-0.1, -0.05) is 18.6 Å². The second-order valence-electron chi connectivity index (χ2n) is 5.21. The van der Waals surface area contributed by atoms with Crippen LogP contribution in [0.3, 0.4) is 0 Å². The first-order valence-corrected chi connectivity index (χ1v) is 6.95. The molecule has 20 heavy (non-hydrogen) atoms. The Kier molecular flexibility index (Phi) is 6.51. The average molecular weight is 284 g/mol. The summed E-state index contributed by atoms with van der Waals surface area (Å²) in [7, 11) is 0. The molecule has 2 N–H and O–H groups in total. The smallest absolute Gasteiger partial charge is 0.318 e. The molecular weight excluding hydrogens is 260 g/mol. The van der Waals surface area contributed by atoms with Crippen molar-refractivity contribution >= 4 is 12.0 Å². The fraction of sp³-hybridized carbons (Fsp3) is 0.714. The van der Waals surface area contributed by atoms with Crippen LogP contribution in [-0.2, 0) is 9.53 Å². The lowest BCUT2D eigenvalue weighted by molar-refractivity contribution is -0.142. The minimum atomic E-state index is -0.911. The molecule has 0 saturated carbocycles. The van der Waals surface area contributed by atoms with Crippen LogP contribution in [0.25, 0.3) is 0 Å². The van der Waals surface area contributed by atoms with Crippen molar-refractivity contribution in [2.45, 2.75) is 33.2 Å². The van der Waals surface area contributed by atoms with E-state index in [0.29, 0.717) is 13.1 Å². The topological polar surface area (TPSA) is 78.9 Å². The number of nitrogens with one attached hydrogen (secondary N) is 1. The first kappa shape index (κ1) is 16.5. The van der Waals surface area contributed by atoms with Crippen molar-refractivity contribution in [2.24, 2.45) is 5.92 Å². The zero-order valence-electron chi connectivity index (χ0n) is 12.4. The maximum atomic E-state index is 12.2. The number of carbonyl (C=O) groups excluding carboxylic acids is 1. The fourth-order valence-electron chi connectivity index (χ4n) is 2.19. The van der Waals surface area contributed by atoms with Gasteiger partial charge in [-0.05, 0) is 20.3 Å². The number of carbonyl (C=O) groups is 2. The highest BCUT2D eigenvalue weighted by Crippen LogP contribution is 2.20. The Morgan fingerprint density at radius 2 is 2.10 bits per heavy atom. The van der Waals surface area contributed by atoms with E-state index < -0.39 is 11.9 Å². The van der Waals surface area contributed by atoms with E-state index in [0.717, 1.165) is 12.0 Å². The van der Waals surface area contributed by atoms with Crippen molar-refractivity contribution in [3.63, 3.8) is 0 Å². The van der Waals surface area contributed by atoms with Gasteiger partial charge >= 0.3 is 12.0 Å². The summed E-state index contributed by atoms with van der Waals surface area (Å²) in [6, 6.07) is -0.620. The molecule has 2 amide bonds. The summed E-state index contributed by atoms with van der Waals surface area (Å²) in [6.07, 6.45) is 2.70. The molecule has 0 spiro atoms. The van der Waals surface area contributed by atoms with Crippen molar-refractivity contribution in [1.82, 2.24) is 10.2 Å². The van der Waals surface area contributed by atoms with Gasteiger partial charge in [-0.3, -0.25) is 4.79 Å². The summed E-state index contributed by atoms with van der Waals surface area (Å²) in [5, 5.41) is 12.0. The number of aliphatic carboxylic acids is 1. The van der Waals surface area contributed by atoms with Crippen LogP contribution in [-0.4, -0.2) is 54.4 Å². The summed E-state index contributed by atoms with van der Waals surface area (Å²) >= 11 is 0. The second-order valence-corrected chi connectivity index (χ2v) is 5.21. The summed E-state index contributed by atoms with van der Waals surface area (Å²) in [6.45, 7) is 7.31. The number of urea groups is 1. The van der Waals surface area contributed by atoms with Crippen LogP contribution >= 0.6 is 0 Å². The third kappa shape index (κ3) is 4.52. The molecule has 2 unspecified atom stereocenters. The number of rotatable bonds is 6. The van der Waals surface area contributed by atoms with E-state index in [4.69, 9.17) is 4.74 Å². The minimum absolute atomic E-state index is 0.168. The first-order valence-electron chi connectivity index (χ1n) is 6.95. The predicted molar refractivity (Wildman–Crippen MR) is 75.6 cm³/mol. The van der Waals surface area contributed by atoms with E-state index in [2.05, 4.69) is 5.32 Å². The molecule has 0 aromatic heterocycles. The molecule has 0 aromatic rings. The molecule has 1 saturated heterocycles. The predicted octanol–water partition coefficient (Wildman–Crippen LogP) is 1.47. The van der Waals surface area contributed by atoms with E-state index in [1.165, 1.54) is 0 Å². The Morgan fingerprint density at radius 3 is 2.65 bits per heavy atom. The van der Waals surface area contributed by atoms with E-state index in [9.17, 15) is 14.7 Å². The third-order valence-electron chi connectivity index (χ3n) is 3.26. The lowest BCUT2D eigenvalue weighted by atomic mass is 10.0. The number of allylic oxidation sites excluding steroid dienone is 1. The summed E-state index contributed by atoms with van der Waals surface area (Å²) in [5.74, 6) is -1.55. The van der Waals surface area contributed by atoms with Crippen LogP contribution in [0.15, 0.2) is 11.6 Å². The molecule has 1 rings (SSSR count). The average Bonchev–Trinajstić information content (AvgIpc) is 2.84. The molecule has 0 radical (unpaired) electrons. The van der Waals surface area contributed by atoms with E-state index in [1.807, 2.05) is 26.8 Å². The second kappa shape index (κ2) is 7.89.